The van der Waals surface area contributed by atoms with Crippen molar-refractivity contribution in [3.63, 3.8) is 0 Å². The molecule has 0 saturated carbocycles. The molecule has 0 atom stereocenters. The maximum absolute atomic E-state index is 4.93. The van der Waals surface area contributed by atoms with Crippen molar-refractivity contribution in [1.29, 1.82) is 0 Å². The fraction of sp³-hybridized carbons (Fsp3) is 0. The summed E-state index contributed by atoms with van der Waals surface area (Å²) < 4.78 is 2.00. The van der Waals surface area contributed by atoms with E-state index in [9.17, 15) is 0 Å². The summed E-state index contributed by atoms with van der Waals surface area (Å²) in [5.74, 6) is 0. The SMILES string of the molecule is c1ccc(-c2nn(-c3ccccc3)c3[nH]c4ccccc4c23)cc1. The molecule has 3 aromatic carbocycles. The van der Waals surface area contributed by atoms with Gasteiger partial charge in [0.25, 0.3) is 0 Å². The topological polar surface area (TPSA) is 33.6 Å². The summed E-state index contributed by atoms with van der Waals surface area (Å²) in [7, 11) is 0. The number of rotatable bonds is 2. The number of aromatic nitrogens is 3. The number of H-pyrrole nitrogens is 1. The maximum atomic E-state index is 4.93. The highest BCUT2D eigenvalue weighted by Gasteiger charge is 2.18. The van der Waals surface area contributed by atoms with Crippen molar-refractivity contribution in [2.75, 3.05) is 0 Å². The van der Waals surface area contributed by atoms with Crippen molar-refractivity contribution in [1.82, 2.24) is 14.8 Å². The van der Waals surface area contributed by atoms with E-state index in [0.717, 1.165) is 28.1 Å². The lowest BCUT2D eigenvalue weighted by atomic mass is 10.1. The summed E-state index contributed by atoms with van der Waals surface area (Å²) in [6, 6.07) is 29.0. The molecule has 5 aromatic rings. The molecule has 0 unspecified atom stereocenters. The van der Waals surface area contributed by atoms with Crippen molar-refractivity contribution >= 4 is 21.9 Å². The van der Waals surface area contributed by atoms with E-state index in [4.69, 9.17) is 5.10 Å². The van der Waals surface area contributed by atoms with E-state index in [1.807, 2.05) is 28.9 Å². The number of hydrogen-bond donors (Lipinski definition) is 1. The summed E-state index contributed by atoms with van der Waals surface area (Å²) in [4.78, 5) is 3.54. The Labute approximate surface area is 139 Å². The predicted octanol–water partition coefficient (Wildman–Crippen LogP) is 5.17. The van der Waals surface area contributed by atoms with Gasteiger partial charge in [0.2, 0.25) is 0 Å². The van der Waals surface area contributed by atoms with Crippen LogP contribution in [0.15, 0.2) is 84.9 Å². The Morgan fingerprint density at radius 3 is 2.17 bits per heavy atom. The zero-order chi connectivity index (χ0) is 15.9. The molecule has 5 rings (SSSR count). The van der Waals surface area contributed by atoms with Gasteiger partial charge in [0.05, 0.1) is 11.1 Å². The van der Waals surface area contributed by atoms with Gasteiger partial charge in [0, 0.05) is 16.5 Å². The molecule has 0 radical (unpaired) electrons. The Morgan fingerprint density at radius 2 is 1.38 bits per heavy atom. The smallest absolute Gasteiger partial charge is 0.142 e. The molecule has 3 heteroatoms. The van der Waals surface area contributed by atoms with E-state index in [-0.39, 0.29) is 0 Å². The van der Waals surface area contributed by atoms with Gasteiger partial charge in [-0.1, -0.05) is 66.7 Å². The summed E-state index contributed by atoms with van der Waals surface area (Å²) in [6.45, 7) is 0. The molecule has 24 heavy (non-hydrogen) atoms. The molecule has 0 fully saturated rings. The fourth-order valence-electron chi connectivity index (χ4n) is 3.28. The van der Waals surface area contributed by atoms with Crippen LogP contribution in [0.25, 0.3) is 38.9 Å². The van der Waals surface area contributed by atoms with Crippen LogP contribution < -0.4 is 0 Å². The van der Waals surface area contributed by atoms with E-state index in [1.165, 1.54) is 10.8 Å². The number of para-hydroxylation sites is 2. The van der Waals surface area contributed by atoms with Gasteiger partial charge in [-0.05, 0) is 18.2 Å². The first-order valence-corrected chi connectivity index (χ1v) is 8.02. The van der Waals surface area contributed by atoms with Crippen LogP contribution in [0.4, 0.5) is 0 Å². The van der Waals surface area contributed by atoms with E-state index < -0.39 is 0 Å². The second-order valence-corrected chi connectivity index (χ2v) is 5.86. The number of benzene rings is 3. The minimum atomic E-state index is 1.01. The predicted molar refractivity (Wildman–Crippen MR) is 98.4 cm³/mol. The average Bonchev–Trinajstić information content (AvgIpc) is 3.20. The van der Waals surface area contributed by atoms with Gasteiger partial charge in [0.1, 0.15) is 11.3 Å². The van der Waals surface area contributed by atoms with Crippen LogP contribution in [-0.2, 0) is 0 Å². The van der Waals surface area contributed by atoms with Gasteiger partial charge in [-0.2, -0.15) is 5.10 Å². The standard InChI is InChI=1S/C21H15N3/c1-3-9-15(10-4-1)20-19-17-13-7-8-14-18(17)22-21(19)24(23-20)16-11-5-2-6-12-16/h1-14,22H. The molecule has 0 spiro atoms. The molecule has 0 saturated heterocycles. The lowest BCUT2D eigenvalue weighted by molar-refractivity contribution is 0.903. The van der Waals surface area contributed by atoms with E-state index >= 15 is 0 Å². The van der Waals surface area contributed by atoms with Crippen LogP contribution in [0.1, 0.15) is 0 Å². The van der Waals surface area contributed by atoms with Crippen molar-refractivity contribution in [2.45, 2.75) is 0 Å². The normalized spacial score (nSPS) is 11.3. The largest absolute Gasteiger partial charge is 0.339 e. The lowest BCUT2D eigenvalue weighted by Crippen LogP contribution is -1.96. The molecule has 0 aliphatic heterocycles. The minimum absolute atomic E-state index is 1.01. The summed E-state index contributed by atoms with van der Waals surface area (Å²) in [5, 5.41) is 7.29. The van der Waals surface area contributed by atoms with Crippen LogP contribution in [0.3, 0.4) is 0 Å². The third kappa shape index (κ3) is 1.88. The molecule has 0 aliphatic carbocycles. The van der Waals surface area contributed by atoms with E-state index in [2.05, 4.69) is 65.6 Å². The van der Waals surface area contributed by atoms with Gasteiger partial charge < -0.3 is 4.98 Å². The van der Waals surface area contributed by atoms with Gasteiger partial charge in [-0.3, -0.25) is 0 Å². The average molecular weight is 309 g/mol. The molecule has 2 aromatic heterocycles. The Morgan fingerprint density at radius 1 is 0.708 bits per heavy atom. The van der Waals surface area contributed by atoms with Crippen LogP contribution >= 0.6 is 0 Å². The van der Waals surface area contributed by atoms with Crippen molar-refractivity contribution < 1.29 is 0 Å². The third-order valence-corrected chi connectivity index (χ3v) is 4.38. The number of nitrogens with zero attached hydrogens (tertiary/aromatic N) is 2. The highest BCUT2D eigenvalue weighted by molar-refractivity contribution is 6.12. The maximum Gasteiger partial charge on any atom is 0.142 e. The zero-order valence-electron chi connectivity index (χ0n) is 13.0. The summed E-state index contributed by atoms with van der Waals surface area (Å²) in [5.41, 5.74) is 5.35. The quantitative estimate of drug-likeness (QED) is 0.479. The molecule has 114 valence electrons. The van der Waals surface area contributed by atoms with E-state index in [0.29, 0.717) is 0 Å². The molecule has 1 N–H and O–H groups in total. The highest BCUT2D eigenvalue weighted by atomic mass is 15.3. The second kappa shape index (κ2) is 5.10. The number of aromatic amines is 1. The van der Waals surface area contributed by atoms with Gasteiger partial charge in [0.15, 0.2) is 0 Å². The van der Waals surface area contributed by atoms with Crippen molar-refractivity contribution in [2.24, 2.45) is 0 Å². The van der Waals surface area contributed by atoms with Gasteiger partial charge in [-0.25, -0.2) is 4.68 Å². The molecule has 0 amide bonds. The van der Waals surface area contributed by atoms with E-state index in [1.54, 1.807) is 0 Å². The number of hydrogen-bond acceptors (Lipinski definition) is 1. The fourth-order valence-corrected chi connectivity index (χ4v) is 3.28. The third-order valence-electron chi connectivity index (χ3n) is 4.38. The zero-order valence-corrected chi connectivity index (χ0v) is 13.0. The molecule has 0 aliphatic rings. The first-order valence-electron chi connectivity index (χ1n) is 8.02. The van der Waals surface area contributed by atoms with Crippen LogP contribution in [0, 0.1) is 0 Å². The van der Waals surface area contributed by atoms with Gasteiger partial charge >= 0.3 is 0 Å². The number of nitrogens with one attached hydrogen (secondary N) is 1. The lowest BCUT2D eigenvalue weighted by Gasteiger charge is -2.02. The summed E-state index contributed by atoms with van der Waals surface area (Å²) in [6.07, 6.45) is 0. The molecular formula is C21H15N3. The van der Waals surface area contributed by atoms with Crippen molar-refractivity contribution in [3.05, 3.63) is 84.9 Å². The molecule has 0 bridgehead atoms. The Kier molecular flexibility index (Phi) is 2.79. The van der Waals surface area contributed by atoms with Crippen LogP contribution in [-0.4, -0.2) is 14.8 Å². The Bertz CT molecular complexity index is 1140. The monoisotopic (exact) mass is 309 g/mol. The first-order chi connectivity index (χ1) is 11.9. The first kappa shape index (κ1) is 13.1. The second-order valence-electron chi connectivity index (χ2n) is 5.86. The van der Waals surface area contributed by atoms with Crippen LogP contribution in [0.2, 0.25) is 0 Å². The van der Waals surface area contributed by atoms with Gasteiger partial charge in [-0.15, -0.1) is 0 Å². The van der Waals surface area contributed by atoms with Crippen molar-refractivity contribution in [3.8, 4) is 16.9 Å². The number of fused-ring (bicyclic) bond motifs is 3. The molecule has 3 nitrogen and oxygen atoms in total. The summed E-state index contributed by atoms with van der Waals surface area (Å²) >= 11 is 0. The Hall–Kier alpha value is -3.33. The van der Waals surface area contributed by atoms with Crippen LogP contribution in [0.5, 0.6) is 0 Å². The molecule has 2 heterocycles. The highest BCUT2D eigenvalue weighted by Crippen LogP contribution is 2.35. The minimum Gasteiger partial charge on any atom is -0.339 e. The molecular weight excluding hydrogens is 294 g/mol. The Balaban J connectivity index is 1.92.